The highest BCUT2D eigenvalue weighted by atomic mass is 16.5. The minimum atomic E-state index is -0.386. The minimum absolute atomic E-state index is 0.146. The van der Waals surface area contributed by atoms with Crippen molar-refractivity contribution in [2.45, 2.75) is 98.0 Å². The molecule has 0 bridgehead atoms. The highest BCUT2D eigenvalue weighted by Gasteiger charge is 2.10. The highest BCUT2D eigenvalue weighted by molar-refractivity contribution is 5.91. The lowest BCUT2D eigenvalue weighted by Gasteiger charge is -2.12. The summed E-state index contributed by atoms with van der Waals surface area (Å²) in [6, 6.07) is 14.3. The van der Waals surface area contributed by atoms with Gasteiger partial charge in [0.2, 0.25) is 0 Å². The molecule has 4 heteroatoms. The average Bonchev–Trinajstić information content (AvgIpc) is 2.86. The summed E-state index contributed by atoms with van der Waals surface area (Å²) in [5.74, 6) is 2.56. The van der Waals surface area contributed by atoms with Crippen molar-refractivity contribution in [2.24, 2.45) is 5.92 Å². The van der Waals surface area contributed by atoms with Gasteiger partial charge in [-0.25, -0.2) is 4.79 Å². The molecule has 0 saturated carbocycles. The second-order valence-electron chi connectivity index (χ2n) is 9.35. The zero-order valence-electron chi connectivity index (χ0n) is 21.7. The molecule has 4 nitrogen and oxygen atoms in total. The first-order valence-corrected chi connectivity index (χ1v) is 13.2. The molecule has 2 aromatic rings. The third kappa shape index (κ3) is 11.1. The Morgan fingerprint density at radius 2 is 1.26 bits per heavy atom. The number of carbonyl (C=O) groups excluding carboxylic acids is 1. The molecule has 0 aliphatic heterocycles. The van der Waals surface area contributed by atoms with Gasteiger partial charge in [-0.3, -0.25) is 0 Å². The van der Waals surface area contributed by atoms with Crippen molar-refractivity contribution >= 4 is 5.97 Å². The van der Waals surface area contributed by atoms with Crippen LogP contribution in [0, 0.1) is 5.92 Å². The van der Waals surface area contributed by atoms with E-state index in [2.05, 4.69) is 20.8 Å². The summed E-state index contributed by atoms with van der Waals surface area (Å²) in [5, 5.41) is 0. The Hall–Kier alpha value is -2.49. The van der Waals surface area contributed by atoms with Gasteiger partial charge in [-0.1, -0.05) is 72.1 Å². The van der Waals surface area contributed by atoms with Gasteiger partial charge in [-0.2, -0.15) is 0 Å². The van der Waals surface area contributed by atoms with Crippen molar-refractivity contribution in [3.8, 4) is 17.2 Å². The van der Waals surface area contributed by atoms with Gasteiger partial charge in [0.25, 0.3) is 0 Å². The Balaban J connectivity index is 1.60. The molecule has 0 amide bonds. The maximum Gasteiger partial charge on any atom is 0.343 e. The molecule has 0 radical (unpaired) electrons. The lowest BCUT2D eigenvalue weighted by Crippen LogP contribution is -2.11. The number of unbranched alkanes of at least 4 members (excludes halogenated alkanes) is 6. The molecule has 0 heterocycles. The molecule has 0 N–H and O–H groups in total. The molecule has 0 aromatic heterocycles. The molecule has 0 aliphatic carbocycles. The van der Waals surface area contributed by atoms with Crippen molar-refractivity contribution in [3.05, 3.63) is 54.1 Å². The number of hydrogen-bond donors (Lipinski definition) is 0. The van der Waals surface area contributed by atoms with E-state index >= 15 is 0 Å². The van der Waals surface area contributed by atoms with E-state index < -0.39 is 0 Å². The van der Waals surface area contributed by atoms with E-state index in [1.165, 1.54) is 51.4 Å². The fourth-order valence-corrected chi connectivity index (χ4v) is 3.63. The van der Waals surface area contributed by atoms with Crippen molar-refractivity contribution < 1.29 is 19.0 Å². The van der Waals surface area contributed by atoms with E-state index in [1.807, 2.05) is 19.1 Å². The van der Waals surface area contributed by atoms with Crippen LogP contribution in [0.2, 0.25) is 0 Å². The highest BCUT2D eigenvalue weighted by Crippen LogP contribution is 2.21. The van der Waals surface area contributed by atoms with Gasteiger partial charge >= 0.3 is 5.97 Å². The standard InChI is InChI=1S/C30H44O4/c1-5-24(3)14-12-10-8-7-9-11-13-23-32-27-19-21-29(22-20-27)34-30(31)26-15-17-28(18-16-26)33-25(4)6-2/h15-22,24-25H,5-14,23H2,1-4H3/t24-,25+/m0/s1. The van der Waals surface area contributed by atoms with E-state index in [9.17, 15) is 4.79 Å². The van der Waals surface area contributed by atoms with Gasteiger partial charge in [0.05, 0.1) is 18.3 Å². The van der Waals surface area contributed by atoms with Gasteiger partial charge in [0, 0.05) is 0 Å². The van der Waals surface area contributed by atoms with Crippen LogP contribution in [0.4, 0.5) is 0 Å². The number of rotatable bonds is 17. The minimum Gasteiger partial charge on any atom is -0.494 e. The van der Waals surface area contributed by atoms with Crippen LogP contribution in [0.15, 0.2) is 48.5 Å². The monoisotopic (exact) mass is 468 g/mol. The molecule has 0 spiro atoms. The maximum absolute atomic E-state index is 12.4. The van der Waals surface area contributed by atoms with Crippen molar-refractivity contribution in [2.75, 3.05) is 6.61 Å². The van der Waals surface area contributed by atoms with Crippen molar-refractivity contribution in [1.82, 2.24) is 0 Å². The summed E-state index contributed by atoms with van der Waals surface area (Å²) >= 11 is 0. The molecule has 2 atom stereocenters. The molecule has 2 rings (SSSR count). The molecule has 34 heavy (non-hydrogen) atoms. The van der Waals surface area contributed by atoms with Crippen LogP contribution in [0.25, 0.3) is 0 Å². The normalized spacial score (nSPS) is 12.7. The van der Waals surface area contributed by atoms with E-state index in [0.717, 1.165) is 36.9 Å². The largest absolute Gasteiger partial charge is 0.494 e. The van der Waals surface area contributed by atoms with Crippen LogP contribution in [0.1, 0.15) is 102 Å². The summed E-state index contributed by atoms with van der Waals surface area (Å²) < 4.78 is 17.1. The Morgan fingerprint density at radius 1 is 0.706 bits per heavy atom. The van der Waals surface area contributed by atoms with Crippen molar-refractivity contribution in [1.29, 1.82) is 0 Å². The Kier molecular flexibility index (Phi) is 13.2. The van der Waals surface area contributed by atoms with Gasteiger partial charge in [-0.15, -0.1) is 0 Å². The molecule has 0 saturated heterocycles. The third-order valence-corrected chi connectivity index (χ3v) is 6.34. The smallest absolute Gasteiger partial charge is 0.343 e. The predicted molar refractivity (Wildman–Crippen MR) is 140 cm³/mol. The lowest BCUT2D eigenvalue weighted by atomic mass is 10.00. The fraction of sp³-hybridized carbons (Fsp3) is 0.567. The SMILES string of the molecule is CC[C@H](C)CCCCCCCCCOc1ccc(OC(=O)c2ccc(O[C@H](C)CC)cc2)cc1. The second-order valence-corrected chi connectivity index (χ2v) is 9.35. The zero-order chi connectivity index (χ0) is 24.6. The van der Waals surface area contributed by atoms with Gasteiger partial charge in [-0.05, 0) is 74.2 Å². The van der Waals surface area contributed by atoms with Gasteiger partial charge in [0.15, 0.2) is 0 Å². The van der Waals surface area contributed by atoms with Crippen LogP contribution < -0.4 is 14.2 Å². The van der Waals surface area contributed by atoms with E-state index in [0.29, 0.717) is 11.3 Å². The number of esters is 1. The van der Waals surface area contributed by atoms with E-state index in [-0.39, 0.29) is 12.1 Å². The van der Waals surface area contributed by atoms with Crippen LogP contribution in [0.5, 0.6) is 17.2 Å². The number of carbonyl (C=O) groups is 1. The van der Waals surface area contributed by atoms with Gasteiger partial charge < -0.3 is 14.2 Å². The van der Waals surface area contributed by atoms with Crippen LogP contribution in [-0.2, 0) is 0 Å². The first-order chi connectivity index (χ1) is 16.5. The molecule has 0 aliphatic rings. The first-order valence-electron chi connectivity index (χ1n) is 13.2. The molecule has 2 aromatic carbocycles. The van der Waals surface area contributed by atoms with E-state index in [4.69, 9.17) is 14.2 Å². The van der Waals surface area contributed by atoms with Gasteiger partial charge in [0.1, 0.15) is 17.2 Å². The second kappa shape index (κ2) is 16.2. The van der Waals surface area contributed by atoms with Crippen LogP contribution >= 0.6 is 0 Å². The average molecular weight is 469 g/mol. The zero-order valence-corrected chi connectivity index (χ0v) is 21.7. The topological polar surface area (TPSA) is 44.8 Å². The fourth-order valence-electron chi connectivity index (χ4n) is 3.63. The number of benzene rings is 2. The number of ether oxygens (including phenoxy) is 3. The Labute approximate surface area is 207 Å². The molecule has 0 fully saturated rings. The van der Waals surface area contributed by atoms with E-state index in [1.54, 1.807) is 36.4 Å². The molecule has 0 unspecified atom stereocenters. The maximum atomic E-state index is 12.4. The van der Waals surface area contributed by atoms with Crippen LogP contribution in [-0.4, -0.2) is 18.7 Å². The lowest BCUT2D eigenvalue weighted by molar-refractivity contribution is 0.0734. The van der Waals surface area contributed by atoms with Crippen LogP contribution in [0.3, 0.4) is 0 Å². The summed E-state index contributed by atoms with van der Waals surface area (Å²) in [7, 11) is 0. The first kappa shape index (κ1) is 27.8. The molecular formula is C30H44O4. The van der Waals surface area contributed by atoms with Crippen molar-refractivity contribution in [3.63, 3.8) is 0 Å². The third-order valence-electron chi connectivity index (χ3n) is 6.34. The Bertz CT molecular complexity index is 798. The number of hydrogen-bond acceptors (Lipinski definition) is 4. The summed E-state index contributed by atoms with van der Waals surface area (Å²) in [5.41, 5.74) is 0.493. The quantitative estimate of drug-likeness (QED) is 0.132. The summed E-state index contributed by atoms with van der Waals surface area (Å²) in [6.45, 7) is 9.45. The summed E-state index contributed by atoms with van der Waals surface area (Å²) in [4.78, 5) is 12.4. The molecular weight excluding hydrogens is 424 g/mol. The predicted octanol–water partition coefficient (Wildman–Crippen LogP) is 8.63. The molecule has 188 valence electrons. The summed E-state index contributed by atoms with van der Waals surface area (Å²) in [6.07, 6.45) is 12.8. The Morgan fingerprint density at radius 3 is 1.88 bits per heavy atom.